The van der Waals surface area contributed by atoms with E-state index in [0.29, 0.717) is 23.9 Å². The smallest absolute Gasteiger partial charge is 0.138 e. The maximum atomic E-state index is 6.13. The van der Waals surface area contributed by atoms with Gasteiger partial charge in [-0.05, 0) is 37.6 Å². The number of halogens is 1. The molecule has 0 atom stereocenters. The summed E-state index contributed by atoms with van der Waals surface area (Å²) in [4.78, 5) is 0. The van der Waals surface area contributed by atoms with Crippen LogP contribution >= 0.6 is 11.6 Å². The molecular weight excluding hydrogens is 252 g/mol. The molecule has 96 valence electrons. The van der Waals surface area contributed by atoms with E-state index in [0.717, 1.165) is 23.4 Å². The average molecular weight is 267 g/mol. The number of hydrogen-bond donors (Lipinski definition) is 1. The predicted molar refractivity (Wildman–Crippen MR) is 69.8 cm³/mol. The molecule has 0 aliphatic rings. The lowest BCUT2D eigenvalue weighted by molar-refractivity contribution is 0.288. The Morgan fingerprint density at radius 1 is 1.39 bits per heavy atom. The van der Waals surface area contributed by atoms with Crippen LogP contribution in [0, 0.1) is 6.92 Å². The fourth-order valence-electron chi connectivity index (χ4n) is 1.62. The van der Waals surface area contributed by atoms with Crippen molar-refractivity contribution in [1.82, 2.24) is 5.16 Å². The summed E-state index contributed by atoms with van der Waals surface area (Å²) < 4.78 is 10.5. The van der Waals surface area contributed by atoms with E-state index in [1.807, 2.05) is 31.2 Å². The van der Waals surface area contributed by atoms with Crippen LogP contribution in [0.3, 0.4) is 0 Å². The van der Waals surface area contributed by atoms with Crippen molar-refractivity contribution in [3.05, 3.63) is 46.3 Å². The third-order valence-corrected chi connectivity index (χ3v) is 2.78. The summed E-state index contributed by atoms with van der Waals surface area (Å²) in [6.45, 7) is 2.78. The molecule has 2 rings (SSSR count). The third kappa shape index (κ3) is 3.24. The molecule has 0 bridgehead atoms. The van der Waals surface area contributed by atoms with Gasteiger partial charge >= 0.3 is 0 Å². The summed E-state index contributed by atoms with van der Waals surface area (Å²) in [5.41, 5.74) is 7.34. The number of aromatic nitrogens is 1. The maximum Gasteiger partial charge on any atom is 0.138 e. The highest BCUT2D eigenvalue weighted by Gasteiger charge is 2.05. The number of benzene rings is 1. The quantitative estimate of drug-likeness (QED) is 0.904. The molecule has 1 aromatic carbocycles. The second-order valence-electron chi connectivity index (χ2n) is 4.02. The van der Waals surface area contributed by atoms with E-state index >= 15 is 0 Å². The molecule has 4 nitrogen and oxygen atoms in total. The molecule has 2 N–H and O–H groups in total. The number of nitrogens with two attached hydrogens (primary N) is 1. The Kier molecular flexibility index (Phi) is 4.23. The summed E-state index contributed by atoms with van der Waals surface area (Å²) in [6, 6.07) is 7.51. The maximum absolute atomic E-state index is 6.13. The lowest BCUT2D eigenvalue weighted by Crippen LogP contribution is -2.03. The number of rotatable bonds is 5. The van der Waals surface area contributed by atoms with Gasteiger partial charge in [-0.3, -0.25) is 0 Å². The second-order valence-corrected chi connectivity index (χ2v) is 4.43. The molecule has 0 unspecified atom stereocenters. The number of aryl methyl sites for hydroxylation is 1. The largest absolute Gasteiger partial charge is 0.486 e. The van der Waals surface area contributed by atoms with Crippen molar-refractivity contribution in [3.63, 3.8) is 0 Å². The standard InChI is InChI=1S/C13H15ClN2O2/c1-9-6-11(16-18-9)8-17-13-3-2-10(4-5-15)7-12(13)14/h2-3,6-7H,4-5,8,15H2,1H3. The van der Waals surface area contributed by atoms with Gasteiger partial charge in [0.1, 0.15) is 23.8 Å². The topological polar surface area (TPSA) is 61.3 Å². The normalized spacial score (nSPS) is 10.6. The first-order valence-electron chi connectivity index (χ1n) is 5.72. The van der Waals surface area contributed by atoms with Gasteiger partial charge in [-0.1, -0.05) is 22.8 Å². The van der Waals surface area contributed by atoms with Crippen molar-refractivity contribution in [2.45, 2.75) is 20.0 Å². The van der Waals surface area contributed by atoms with Crippen LogP contribution in [0.5, 0.6) is 5.75 Å². The van der Waals surface area contributed by atoms with Crippen LogP contribution in [0.4, 0.5) is 0 Å². The monoisotopic (exact) mass is 266 g/mol. The number of nitrogens with zero attached hydrogens (tertiary/aromatic N) is 1. The van der Waals surface area contributed by atoms with Crippen molar-refractivity contribution in [2.75, 3.05) is 6.54 Å². The lowest BCUT2D eigenvalue weighted by Gasteiger charge is -2.07. The Hall–Kier alpha value is -1.52. The Morgan fingerprint density at radius 2 is 2.22 bits per heavy atom. The average Bonchev–Trinajstić information content (AvgIpc) is 2.74. The van der Waals surface area contributed by atoms with E-state index in [2.05, 4.69) is 5.16 Å². The van der Waals surface area contributed by atoms with Crippen LogP contribution in [0.2, 0.25) is 5.02 Å². The Morgan fingerprint density at radius 3 is 2.83 bits per heavy atom. The van der Waals surface area contributed by atoms with Crippen LogP contribution in [0.15, 0.2) is 28.8 Å². The lowest BCUT2D eigenvalue weighted by atomic mass is 10.1. The van der Waals surface area contributed by atoms with Crippen molar-refractivity contribution in [3.8, 4) is 5.75 Å². The molecule has 0 aliphatic heterocycles. The van der Waals surface area contributed by atoms with E-state index < -0.39 is 0 Å². The summed E-state index contributed by atoms with van der Waals surface area (Å²) in [5.74, 6) is 1.40. The Balaban J connectivity index is 2.01. The molecule has 0 saturated carbocycles. The van der Waals surface area contributed by atoms with Gasteiger partial charge in [-0.25, -0.2) is 0 Å². The van der Waals surface area contributed by atoms with E-state index in [4.69, 9.17) is 26.6 Å². The summed E-state index contributed by atoms with van der Waals surface area (Å²) >= 11 is 6.13. The molecule has 1 heterocycles. The molecule has 18 heavy (non-hydrogen) atoms. The molecular formula is C13H15ClN2O2. The van der Waals surface area contributed by atoms with Gasteiger partial charge in [0.25, 0.3) is 0 Å². The molecule has 1 aromatic heterocycles. The Labute approximate surface area is 111 Å². The van der Waals surface area contributed by atoms with Gasteiger partial charge in [0.2, 0.25) is 0 Å². The molecule has 0 radical (unpaired) electrons. The Bertz CT molecular complexity index is 525. The summed E-state index contributed by atoms with van der Waals surface area (Å²) in [6.07, 6.45) is 0.808. The first-order valence-corrected chi connectivity index (χ1v) is 6.10. The van der Waals surface area contributed by atoms with Gasteiger partial charge in [0.05, 0.1) is 5.02 Å². The van der Waals surface area contributed by atoms with E-state index in [9.17, 15) is 0 Å². The van der Waals surface area contributed by atoms with Crippen molar-refractivity contribution in [1.29, 1.82) is 0 Å². The molecule has 2 aromatic rings. The highest BCUT2D eigenvalue weighted by Crippen LogP contribution is 2.26. The first-order chi connectivity index (χ1) is 8.69. The van der Waals surface area contributed by atoms with Crippen molar-refractivity contribution < 1.29 is 9.26 Å². The molecule has 5 heteroatoms. The first kappa shape index (κ1) is 12.9. The third-order valence-electron chi connectivity index (χ3n) is 2.48. The zero-order valence-electron chi connectivity index (χ0n) is 10.1. The van der Waals surface area contributed by atoms with Gasteiger partial charge in [-0.15, -0.1) is 0 Å². The number of hydrogen-bond acceptors (Lipinski definition) is 4. The number of ether oxygens (including phenoxy) is 1. The minimum atomic E-state index is 0.341. The van der Waals surface area contributed by atoms with E-state index in [1.54, 1.807) is 0 Å². The molecule has 0 spiro atoms. The van der Waals surface area contributed by atoms with Crippen molar-refractivity contribution in [2.24, 2.45) is 5.73 Å². The minimum Gasteiger partial charge on any atom is -0.486 e. The van der Waals surface area contributed by atoms with E-state index in [-0.39, 0.29) is 0 Å². The van der Waals surface area contributed by atoms with Crippen LogP contribution in [-0.4, -0.2) is 11.7 Å². The van der Waals surface area contributed by atoms with Crippen LogP contribution in [0.25, 0.3) is 0 Å². The molecule has 0 fully saturated rings. The fourth-order valence-corrected chi connectivity index (χ4v) is 1.88. The van der Waals surface area contributed by atoms with Gasteiger partial charge in [-0.2, -0.15) is 0 Å². The van der Waals surface area contributed by atoms with Gasteiger partial charge in [0.15, 0.2) is 0 Å². The molecule has 0 amide bonds. The highest BCUT2D eigenvalue weighted by molar-refractivity contribution is 6.32. The summed E-state index contributed by atoms with van der Waals surface area (Å²) in [5, 5.41) is 4.43. The van der Waals surface area contributed by atoms with Crippen LogP contribution in [-0.2, 0) is 13.0 Å². The van der Waals surface area contributed by atoms with Crippen LogP contribution < -0.4 is 10.5 Å². The van der Waals surface area contributed by atoms with Gasteiger partial charge in [0, 0.05) is 6.07 Å². The fraction of sp³-hybridized carbons (Fsp3) is 0.308. The highest BCUT2D eigenvalue weighted by atomic mass is 35.5. The SMILES string of the molecule is Cc1cc(COc2ccc(CCN)cc2Cl)no1. The zero-order valence-corrected chi connectivity index (χ0v) is 10.9. The second kappa shape index (κ2) is 5.89. The molecule has 0 aliphatic carbocycles. The van der Waals surface area contributed by atoms with E-state index in [1.165, 1.54) is 0 Å². The van der Waals surface area contributed by atoms with Gasteiger partial charge < -0.3 is 15.0 Å². The summed E-state index contributed by atoms with van der Waals surface area (Å²) in [7, 11) is 0. The predicted octanol–water partition coefficient (Wildman–Crippen LogP) is 2.72. The zero-order chi connectivity index (χ0) is 13.0. The molecule has 0 saturated heterocycles. The van der Waals surface area contributed by atoms with Crippen molar-refractivity contribution >= 4 is 11.6 Å². The minimum absolute atomic E-state index is 0.341. The van der Waals surface area contributed by atoms with Crippen LogP contribution in [0.1, 0.15) is 17.0 Å².